The summed E-state index contributed by atoms with van der Waals surface area (Å²) in [5, 5.41) is 21.9. The summed E-state index contributed by atoms with van der Waals surface area (Å²) in [5.41, 5.74) is 7.14. The third-order valence-corrected chi connectivity index (χ3v) is 4.29. The maximum atomic E-state index is 10.3. The highest BCUT2D eigenvalue weighted by molar-refractivity contribution is 5.91. The van der Waals surface area contributed by atoms with Crippen LogP contribution in [0, 0.1) is 5.92 Å². The molecule has 0 radical (unpaired) electrons. The van der Waals surface area contributed by atoms with E-state index in [1.54, 1.807) is 6.07 Å². The van der Waals surface area contributed by atoms with Gasteiger partial charge in [-0.05, 0) is 35.8 Å². The first-order valence-electron chi connectivity index (χ1n) is 6.83. The van der Waals surface area contributed by atoms with E-state index in [2.05, 4.69) is 0 Å². The monoisotopic (exact) mass is 257 g/mol. The van der Waals surface area contributed by atoms with E-state index in [-0.39, 0.29) is 5.75 Å². The molecular weight excluding hydrogens is 238 g/mol. The van der Waals surface area contributed by atoms with Gasteiger partial charge >= 0.3 is 0 Å². The zero-order valence-corrected chi connectivity index (χ0v) is 10.8. The number of hydrogen-bond donors (Lipinski definition) is 3. The molecule has 2 atom stereocenters. The van der Waals surface area contributed by atoms with Gasteiger partial charge in [0.05, 0.1) is 12.1 Å². The SMILES string of the molecule is N[C@@H](c1ccc(O)c2ccccc12)[C@H](O)C1CCC1. The van der Waals surface area contributed by atoms with Crippen LogP contribution in [0.25, 0.3) is 10.8 Å². The van der Waals surface area contributed by atoms with E-state index in [1.165, 1.54) is 6.42 Å². The van der Waals surface area contributed by atoms with E-state index in [0.29, 0.717) is 5.92 Å². The van der Waals surface area contributed by atoms with Gasteiger partial charge in [0.15, 0.2) is 0 Å². The molecule has 0 aromatic heterocycles. The molecule has 19 heavy (non-hydrogen) atoms. The number of benzene rings is 2. The minimum Gasteiger partial charge on any atom is -0.507 e. The first kappa shape index (κ1) is 12.5. The van der Waals surface area contributed by atoms with Gasteiger partial charge in [-0.3, -0.25) is 0 Å². The highest BCUT2D eigenvalue weighted by atomic mass is 16.3. The standard InChI is InChI=1S/C16H19NO2/c17-15(16(19)10-4-3-5-10)13-8-9-14(18)12-7-2-1-6-11(12)13/h1-2,6-10,15-16,18-19H,3-5,17H2/t15-,16+/m0/s1. The lowest BCUT2D eigenvalue weighted by molar-refractivity contribution is 0.0417. The van der Waals surface area contributed by atoms with Crippen LogP contribution in [-0.2, 0) is 0 Å². The van der Waals surface area contributed by atoms with Crippen LogP contribution < -0.4 is 5.73 Å². The minimum absolute atomic E-state index is 0.254. The van der Waals surface area contributed by atoms with Crippen LogP contribution in [0.2, 0.25) is 0 Å². The Labute approximate surface area is 112 Å². The molecule has 0 spiro atoms. The minimum atomic E-state index is -0.498. The average Bonchev–Trinajstić information content (AvgIpc) is 2.37. The molecule has 0 saturated heterocycles. The van der Waals surface area contributed by atoms with Crippen molar-refractivity contribution in [1.29, 1.82) is 0 Å². The first-order valence-corrected chi connectivity index (χ1v) is 6.83. The van der Waals surface area contributed by atoms with E-state index in [4.69, 9.17) is 5.73 Å². The van der Waals surface area contributed by atoms with Crippen molar-refractivity contribution in [3.63, 3.8) is 0 Å². The van der Waals surface area contributed by atoms with Gasteiger partial charge in [-0.2, -0.15) is 0 Å². The molecule has 1 saturated carbocycles. The van der Waals surface area contributed by atoms with Crippen molar-refractivity contribution in [1.82, 2.24) is 0 Å². The van der Waals surface area contributed by atoms with Gasteiger partial charge in [-0.1, -0.05) is 36.8 Å². The summed E-state index contributed by atoms with van der Waals surface area (Å²) in [5.74, 6) is 0.576. The van der Waals surface area contributed by atoms with E-state index in [1.807, 2.05) is 30.3 Å². The van der Waals surface area contributed by atoms with Gasteiger partial charge < -0.3 is 15.9 Å². The van der Waals surface area contributed by atoms with E-state index >= 15 is 0 Å². The van der Waals surface area contributed by atoms with E-state index in [9.17, 15) is 10.2 Å². The molecule has 100 valence electrons. The Morgan fingerprint density at radius 3 is 2.37 bits per heavy atom. The summed E-state index contributed by atoms with van der Waals surface area (Å²) in [6.45, 7) is 0. The van der Waals surface area contributed by atoms with Crippen molar-refractivity contribution in [2.24, 2.45) is 11.7 Å². The summed E-state index contributed by atoms with van der Waals surface area (Å²) < 4.78 is 0. The molecule has 3 nitrogen and oxygen atoms in total. The van der Waals surface area contributed by atoms with Crippen molar-refractivity contribution in [2.75, 3.05) is 0 Å². The van der Waals surface area contributed by atoms with Crippen molar-refractivity contribution in [2.45, 2.75) is 31.4 Å². The Morgan fingerprint density at radius 1 is 1.05 bits per heavy atom. The van der Waals surface area contributed by atoms with Gasteiger partial charge in [0.2, 0.25) is 0 Å². The van der Waals surface area contributed by atoms with Crippen LogP contribution in [0.4, 0.5) is 0 Å². The summed E-state index contributed by atoms with van der Waals surface area (Å²) in [6, 6.07) is 10.7. The van der Waals surface area contributed by atoms with Crippen LogP contribution in [0.5, 0.6) is 5.75 Å². The average molecular weight is 257 g/mol. The molecule has 2 aromatic rings. The molecule has 0 heterocycles. The lowest BCUT2D eigenvalue weighted by Crippen LogP contribution is -2.36. The molecule has 0 aliphatic heterocycles. The highest BCUT2D eigenvalue weighted by Gasteiger charge is 2.31. The lowest BCUT2D eigenvalue weighted by atomic mass is 9.77. The predicted molar refractivity (Wildman–Crippen MR) is 75.9 cm³/mol. The second-order valence-corrected chi connectivity index (χ2v) is 5.43. The number of hydrogen-bond acceptors (Lipinski definition) is 3. The second kappa shape index (κ2) is 4.83. The molecular formula is C16H19NO2. The van der Waals surface area contributed by atoms with Gasteiger partial charge in [-0.25, -0.2) is 0 Å². The third kappa shape index (κ3) is 2.09. The predicted octanol–water partition coefficient (Wildman–Crippen LogP) is 2.71. The molecule has 1 aliphatic rings. The number of aliphatic hydroxyl groups is 1. The van der Waals surface area contributed by atoms with Crippen molar-refractivity contribution in [3.05, 3.63) is 42.0 Å². The lowest BCUT2D eigenvalue weighted by Gasteiger charge is -2.34. The summed E-state index contributed by atoms with van der Waals surface area (Å²) in [4.78, 5) is 0. The quantitative estimate of drug-likeness (QED) is 0.792. The summed E-state index contributed by atoms with van der Waals surface area (Å²) in [6.07, 6.45) is 2.81. The second-order valence-electron chi connectivity index (χ2n) is 5.43. The fourth-order valence-electron chi connectivity index (χ4n) is 2.86. The van der Waals surface area contributed by atoms with E-state index in [0.717, 1.165) is 29.2 Å². The Morgan fingerprint density at radius 2 is 1.74 bits per heavy atom. The third-order valence-electron chi connectivity index (χ3n) is 4.29. The number of nitrogens with two attached hydrogens (primary N) is 1. The fourth-order valence-corrected chi connectivity index (χ4v) is 2.86. The number of aliphatic hydroxyl groups excluding tert-OH is 1. The zero-order chi connectivity index (χ0) is 13.4. The van der Waals surface area contributed by atoms with Crippen molar-refractivity contribution >= 4 is 10.8 Å². The highest BCUT2D eigenvalue weighted by Crippen LogP contribution is 2.37. The van der Waals surface area contributed by atoms with Gasteiger partial charge in [0.1, 0.15) is 5.75 Å². The zero-order valence-electron chi connectivity index (χ0n) is 10.8. The Bertz CT molecular complexity index is 592. The fraction of sp³-hybridized carbons (Fsp3) is 0.375. The van der Waals surface area contributed by atoms with Crippen LogP contribution in [0.15, 0.2) is 36.4 Å². The van der Waals surface area contributed by atoms with Crippen LogP contribution in [0.1, 0.15) is 30.9 Å². The van der Waals surface area contributed by atoms with E-state index < -0.39 is 12.1 Å². The van der Waals surface area contributed by atoms with Gasteiger partial charge in [0.25, 0.3) is 0 Å². The Balaban J connectivity index is 2.02. The number of phenolic OH excluding ortho intramolecular Hbond substituents is 1. The molecule has 3 heteroatoms. The molecule has 3 rings (SSSR count). The molecule has 2 aromatic carbocycles. The largest absolute Gasteiger partial charge is 0.507 e. The molecule has 1 aliphatic carbocycles. The van der Waals surface area contributed by atoms with Crippen LogP contribution >= 0.6 is 0 Å². The van der Waals surface area contributed by atoms with Crippen LogP contribution in [-0.4, -0.2) is 16.3 Å². The number of aromatic hydroxyl groups is 1. The Hall–Kier alpha value is -1.58. The van der Waals surface area contributed by atoms with Gasteiger partial charge in [-0.15, -0.1) is 0 Å². The number of fused-ring (bicyclic) bond motifs is 1. The molecule has 1 fully saturated rings. The molecule has 4 N–H and O–H groups in total. The maximum absolute atomic E-state index is 10.3. The van der Waals surface area contributed by atoms with Crippen molar-refractivity contribution < 1.29 is 10.2 Å². The molecule has 0 amide bonds. The van der Waals surface area contributed by atoms with Gasteiger partial charge in [0, 0.05) is 5.39 Å². The Kier molecular flexibility index (Phi) is 3.17. The topological polar surface area (TPSA) is 66.5 Å². The maximum Gasteiger partial charge on any atom is 0.123 e. The smallest absolute Gasteiger partial charge is 0.123 e. The number of phenols is 1. The molecule has 0 bridgehead atoms. The first-order chi connectivity index (χ1) is 9.18. The summed E-state index contributed by atoms with van der Waals surface area (Å²) in [7, 11) is 0. The number of rotatable bonds is 3. The summed E-state index contributed by atoms with van der Waals surface area (Å²) >= 11 is 0. The normalized spacial score (nSPS) is 19.1. The van der Waals surface area contributed by atoms with Crippen LogP contribution in [0.3, 0.4) is 0 Å². The molecule has 0 unspecified atom stereocenters. The van der Waals surface area contributed by atoms with Crippen molar-refractivity contribution in [3.8, 4) is 5.75 Å².